The van der Waals surface area contributed by atoms with Gasteiger partial charge in [0, 0.05) is 23.2 Å². The molecular formula is C10H7ClF2O3S. The quantitative estimate of drug-likeness (QED) is 0.483. The van der Waals surface area contributed by atoms with Gasteiger partial charge in [-0.25, -0.2) is 17.2 Å². The Labute approximate surface area is 102 Å². The summed E-state index contributed by atoms with van der Waals surface area (Å²) in [6.07, 6.45) is 5.10. The van der Waals surface area contributed by atoms with Crippen molar-refractivity contribution in [1.29, 1.82) is 0 Å². The minimum Gasteiger partial charge on any atom is -0.488 e. The van der Waals surface area contributed by atoms with Gasteiger partial charge in [0.1, 0.15) is 10.7 Å². The molecule has 0 amide bonds. The normalized spacial score (nSPS) is 10.9. The molecule has 0 aliphatic carbocycles. The minimum atomic E-state index is -4.30. The van der Waals surface area contributed by atoms with E-state index in [1.165, 1.54) is 0 Å². The highest BCUT2D eigenvalue weighted by atomic mass is 35.7. The Balaban J connectivity index is 3.23. The molecule has 7 heteroatoms. The van der Waals surface area contributed by atoms with E-state index in [9.17, 15) is 17.2 Å². The lowest BCUT2D eigenvalue weighted by Crippen LogP contribution is -2.04. The number of rotatable bonds is 4. The van der Waals surface area contributed by atoms with Gasteiger partial charge in [0.05, 0.1) is 6.61 Å². The summed E-state index contributed by atoms with van der Waals surface area (Å²) in [6.45, 7) is -0.0987. The number of benzene rings is 1. The molecule has 0 heterocycles. The third-order valence-electron chi connectivity index (χ3n) is 1.73. The van der Waals surface area contributed by atoms with Crippen molar-refractivity contribution in [3.63, 3.8) is 0 Å². The van der Waals surface area contributed by atoms with Crippen molar-refractivity contribution < 1.29 is 21.9 Å². The van der Waals surface area contributed by atoms with Crippen LogP contribution >= 0.6 is 10.7 Å². The SMILES string of the molecule is C#CCCOc1c(F)cc(F)cc1S(=O)(=O)Cl. The summed E-state index contributed by atoms with van der Waals surface area (Å²) in [6, 6.07) is 1.08. The third-order valence-corrected chi connectivity index (χ3v) is 3.06. The van der Waals surface area contributed by atoms with E-state index >= 15 is 0 Å². The summed E-state index contributed by atoms with van der Waals surface area (Å²) in [5.74, 6) is -0.621. The second kappa shape index (κ2) is 5.34. The number of hydrogen-bond acceptors (Lipinski definition) is 3. The molecule has 0 unspecified atom stereocenters. The lowest BCUT2D eigenvalue weighted by molar-refractivity contribution is 0.299. The summed E-state index contributed by atoms with van der Waals surface area (Å²) in [5.41, 5.74) is 0. The van der Waals surface area contributed by atoms with Gasteiger partial charge in [-0.1, -0.05) is 0 Å². The maximum absolute atomic E-state index is 13.3. The van der Waals surface area contributed by atoms with Crippen LogP contribution in [0.25, 0.3) is 0 Å². The van der Waals surface area contributed by atoms with E-state index in [4.69, 9.17) is 21.8 Å². The molecule has 92 valence electrons. The first kappa shape index (κ1) is 13.7. The Hall–Kier alpha value is -1.32. The van der Waals surface area contributed by atoms with E-state index in [0.717, 1.165) is 0 Å². The van der Waals surface area contributed by atoms with Gasteiger partial charge >= 0.3 is 0 Å². The highest BCUT2D eigenvalue weighted by Gasteiger charge is 2.22. The van der Waals surface area contributed by atoms with Crippen LogP contribution in [0.5, 0.6) is 5.75 Å². The molecule has 0 aromatic heterocycles. The van der Waals surface area contributed by atoms with Crippen molar-refractivity contribution >= 4 is 19.7 Å². The molecule has 17 heavy (non-hydrogen) atoms. The van der Waals surface area contributed by atoms with Crippen LogP contribution < -0.4 is 4.74 Å². The van der Waals surface area contributed by atoms with E-state index in [1.807, 2.05) is 0 Å². The zero-order chi connectivity index (χ0) is 13.1. The fraction of sp³-hybridized carbons (Fsp3) is 0.200. The van der Waals surface area contributed by atoms with Gasteiger partial charge in [-0.15, -0.1) is 12.3 Å². The summed E-state index contributed by atoms with van der Waals surface area (Å²) in [4.78, 5) is -0.756. The standard InChI is InChI=1S/C10H7ClF2O3S/c1-2-3-4-16-10-8(13)5-7(12)6-9(10)17(11,14)15/h1,5-6H,3-4H2. The van der Waals surface area contributed by atoms with E-state index in [-0.39, 0.29) is 13.0 Å². The lowest BCUT2D eigenvalue weighted by Gasteiger charge is -2.09. The molecule has 0 saturated carbocycles. The average molecular weight is 281 g/mol. The van der Waals surface area contributed by atoms with Crippen LogP contribution in [0.1, 0.15) is 6.42 Å². The van der Waals surface area contributed by atoms with Gasteiger partial charge in [0.2, 0.25) is 0 Å². The Morgan fingerprint density at radius 2 is 2.06 bits per heavy atom. The molecule has 1 aromatic rings. The second-order valence-corrected chi connectivity index (χ2v) is 5.49. The molecule has 0 atom stereocenters. The lowest BCUT2D eigenvalue weighted by atomic mass is 10.3. The first-order valence-electron chi connectivity index (χ1n) is 4.36. The highest BCUT2D eigenvalue weighted by Crippen LogP contribution is 2.30. The molecule has 0 aliphatic heterocycles. The summed E-state index contributed by atoms with van der Waals surface area (Å²) in [5, 5.41) is 0. The second-order valence-electron chi connectivity index (χ2n) is 2.96. The first-order valence-corrected chi connectivity index (χ1v) is 6.67. The molecule has 0 spiro atoms. The first-order chi connectivity index (χ1) is 7.86. The van der Waals surface area contributed by atoms with Gasteiger partial charge in [-0.2, -0.15) is 0 Å². The fourth-order valence-electron chi connectivity index (χ4n) is 1.07. The van der Waals surface area contributed by atoms with Crippen LogP contribution in [0.2, 0.25) is 0 Å². The summed E-state index contributed by atoms with van der Waals surface area (Å²) >= 11 is 0. The van der Waals surface area contributed by atoms with Crippen LogP contribution in [-0.4, -0.2) is 15.0 Å². The Bertz CT molecular complexity index is 564. The smallest absolute Gasteiger partial charge is 0.265 e. The van der Waals surface area contributed by atoms with Gasteiger partial charge in [-0.3, -0.25) is 0 Å². The van der Waals surface area contributed by atoms with Crippen molar-refractivity contribution in [2.24, 2.45) is 0 Å². The van der Waals surface area contributed by atoms with E-state index in [1.54, 1.807) is 0 Å². The van der Waals surface area contributed by atoms with E-state index in [2.05, 4.69) is 5.92 Å². The van der Waals surface area contributed by atoms with Crippen LogP contribution in [0.3, 0.4) is 0 Å². The Morgan fingerprint density at radius 3 is 2.59 bits per heavy atom. The highest BCUT2D eigenvalue weighted by molar-refractivity contribution is 8.13. The molecule has 0 bridgehead atoms. The van der Waals surface area contributed by atoms with Crippen molar-refractivity contribution in [2.75, 3.05) is 6.61 Å². The number of terminal acetylenes is 1. The van der Waals surface area contributed by atoms with Crippen molar-refractivity contribution in [3.05, 3.63) is 23.8 Å². The van der Waals surface area contributed by atoms with Crippen LogP contribution in [0.4, 0.5) is 8.78 Å². The summed E-state index contributed by atoms with van der Waals surface area (Å²) in [7, 11) is 0.739. The maximum Gasteiger partial charge on any atom is 0.265 e. The maximum atomic E-state index is 13.3. The van der Waals surface area contributed by atoms with Crippen LogP contribution in [-0.2, 0) is 9.05 Å². The van der Waals surface area contributed by atoms with Crippen LogP contribution in [0, 0.1) is 24.0 Å². The third kappa shape index (κ3) is 3.58. The van der Waals surface area contributed by atoms with Gasteiger partial charge in [0.15, 0.2) is 11.6 Å². The van der Waals surface area contributed by atoms with Crippen molar-refractivity contribution in [3.8, 4) is 18.1 Å². The topological polar surface area (TPSA) is 43.4 Å². The van der Waals surface area contributed by atoms with E-state index < -0.39 is 31.3 Å². The molecule has 0 radical (unpaired) electrons. The number of hydrogen-bond donors (Lipinski definition) is 0. The predicted octanol–water partition coefficient (Wildman–Crippen LogP) is 2.29. The molecule has 1 aromatic carbocycles. The van der Waals surface area contributed by atoms with Gasteiger partial charge < -0.3 is 4.74 Å². The number of ether oxygens (including phenoxy) is 1. The average Bonchev–Trinajstić information content (AvgIpc) is 2.19. The largest absolute Gasteiger partial charge is 0.488 e. The van der Waals surface area contributed by atoms with Gasteiger partial charge in [-0.05, 0) is 6.07 Å². The molecule has 0 fully saturated rings. The van der Waals surface area contributed by atoms with Crippen molar-refractivity contribution in [2.45, 2.75) is 11.3 Å². The molecular weight excluding hydrogens is 274 g/mol. The molecule has 0 N–H and O–H groups in total. The zero-order valence-electron chi connectivity index (χ0n) is 8.41. The molecule has 0 saturated heterocycles. The predicted molar refractivity (Wildman–Crippen MR) is 58.3 cm³/mol. The monoisotopic (exact) mass is 280 g/mol. The Kier molecular flexibility index (Phi) is 4.32. The van der Waals surface area contributed by atoms with Crippen molar-refractivity contribution in [1.82, 2.24) is 0 Å². The van der Waals surface area contributed by atoms with E-state index in [0.29, 0.717) is 12.1 Å². The minimum absolute atomic E-state index is 0.0987. The zero-order valence-corrected chi connectivity index (χ0v) is 9.99. The van der Waals surface area contributed by atoms with Crippen LogP contribution in [0.15, 0.2) is 17.0 Å². The summed E-state index contributed by atoms with van der Waals surface area (Å²) < 4.78 is 53.3. The number of halogens is 3. The molecule has 3 nitrogen and oxygen atoms in total. The fourth-order valence-corrected chi connectivity index (χ4v) is 2.05. The molecule has 1 rings (SSSR count). The Morgan fingerprint density at radius 1 is 1.41 bits per heavy atom. The molecule has 0 aliphatic rings. The van der Waals surface area contributed by atoms with Gasteiger partial charge in [0.25, 0.3) is 9.05 Å².